The molecule has 9 heavy (non-hydrogen) atoms. The van der Waals surface area contributed by atoms with Gasteiger partial charge in [0.05, 0.1) is 6.07 Å². The van der Waals surface area contributed by atoms with Crippen molar-refractivity contribution in [2.75, 3.05) is 0 Å². The topological polar surface area (TPSA) is 25.8 Å². The first-order valence-electron chi connectivity index (χ1n) is 1.96. The van der Waals surface area contributed by atoms with E-state index in [0.717, 1.165) is 0 Å². The summed E-state index contributed by atoms with van der Waals surface area (Å²) in [6.45, 7) is 0. The van der Waals surface area contributed by atoms with Gasteiger partial charge in [-0.05, 0) is 11.6 Å². The molecule has 1 aromatic heterocycles. The van der Waals surface area contributed by atoms with Gasteiger partial charge in [0.2, 0.25) is 5.28 Å². The summed E-state index contributed by atoms with van der Waals surface area (Å²) < 4.78 is 0. The van der Waals surface area contributed by atoms with E-state index >= 15 is 0 Å². The molecule has 0 fully saturated rings. The zero-order valence-corrected chi connectivity index (χ0v) is 6.30. The second kappa shape index (κ2) is 2.69. The van der Waals surface area contributed by atoms with E-state index in [0.29, 0.717) is 0 Å². The lowest BCUT2D eigenvalue weighted by atomic mass is 10.7. The molecule has 0 aromatic carbocycles. The minimum absolute atomic E-state index is 0.0313. The second-order valence-electron chi connectivity index (χ2n) is 1.20. The van der Waals surface area contributed by atoms with Crippen LogP contribution in [-0.4, -0.2) is 9.97 Å². The fourth-order valence-electron chi connectivity index (χ4n) is 0.328. The number of hydrogen-bond acceptors (Lipinski definition) is 2. The number of halogens is 3. The van der Waals surface area contributed by atoms with Gasteiger partial charge in [-0.25, -0.2) is 9.97 Å². The SMILES string of the molecule is Clc1[c]c(Cl)nc(Cl)n1. The van der Waals surface area contributed by atoms with Crippen molar-refractivity contribution in [3.63, 3.8) is 0 Å². The molecule has 0 amide bonds. The molecule has 0 unspecified atom stereocenters. The highest BCUT2D eigenvalue weighted by Crippen LogP contribution is 2.12. The standard InChI is InChI=1S/C4Cl3N2/c5-2-1-3(6)9-4(7)8-2. The number of rotatable bonds is 0. The van der Waals surface area contributed by atoms with Gasteiger partial charge < -0.3 is 0 Å². The molecule has 0 aliphatic heterocycles. The van der Waals surface area contributed by atoms with E-state index in [9.17, 15) is 0 Å². The van der Waals surface area contributed by atoms with Gasteiger partial charge in [-0.2, -0.15) is 0 Å². The average molecular weight is 182 g/mol. The number of hydrogen-bond donors (Lipinski definition) is 0. The molecule has 0 saturated carbocycles. The van der Waals surface area contributed by atoms with Gasteiger partial charge in [-0.15, -0.1) is 0 Å². The summed E-state index contributed by atoms with van der Waals surface area (Å²) in [5.74, 6) is 0. The monoisotopic (exact) mass is 181 g/mol. The van der Waals surface area contributed by atoms with Crippen LogP contribution in [0.4, 0.5) is 0 Å². The Hall–Kier alpha value is -0.0500. The minimum Gasteiger partial charge on any atom is -0.205 e. The molecule has 0 N–H and O–H groups in total. The quantitative estimate of drug-likeness (QED) is 0.454. The summed E-state index contributed by atoms with van der Waals surface area (Å²) in [7, 11) is 0. The van der Waals surface area contributed by atoms with Crippen LogP contribution in [0.15, 0.2) is 0 Å². The fourth-order valence-corrected chi connectivity index (χ4v) is 0.971. The van der Waals surface area contributed by atoms with Gasteiger partial charge in [0, 0.05) is 0 Å². The zero-order chi connectivity index (χ0) is 6.85. The van der Waals surface area contributed by atoms with Crippen LogP contribution >= 0.6 is 34.8 Å². The Morgan fingerprint density at radius 1 is 1.00 bits per heavy atom. The van der Waals surface area contributed by atoms with Gasteiger partial charge >= 0.3 is 0 Å². The van der Waals surface area contributed by atoms with E-state index in [1.165, 1.54) is 0 Å². The Bertz CT molecular complexity index is 175. The lowest BCUT2D eigenvalue weighted by molar-refractivity contribution is 1.16. The van der Waals surface area contributed by atoms with Crippen LogP contribution in [0.25, 0.3) is 0 Å². The molecule has 47 valence electrons. The Labute approximate surface area is 66.8 Å². The predicted molar refractivity (Wildman–Crippen MR) is 35.9 cm³/mol. The van der Waals surface area contributed by atoms with Crippen LogP contribution in [-0.2, 0) is 0 Å². The molecule has 5 heteroatoms. The van der Waals surface area contributed by atoms with E-state index in [-0.39, 0.29) is 15.6 Å². The van der Waals surface area contributed by atoms with Crippen LogP contribution in [0, 0.1) is 6.07 Å². The summed E-state index contributed by atoms with van der Waals surface area (Å²) >= 11 is 16.1. The van der Waals surface area contributed by atoms with Gasteiger partial charge in [0.15, 0.2) is 0 Å². The molecule has 0 aliphatic rings. The van der Waals surface area contributed by atoms with Crippen LogP contribution in [0.2, 0.25) is 15.6 Å². The van der Waals surface area contributed by atoms with Gasteiger partial charge in [0.25, 0.3) is 0 Å². The summed E-state index contributed by atoms with van der Waals surface area (Å²) in [4.78, 5) is 7.03. The molecule has 0 bridgehead atoms. The van der Waals surface area contributed by atoms with Crippen molar-refractivity contribution in [3.05, 3.63) is 21.7 Å². The smallest absolute Gasteiger partial charge is 0.205 e. The molecular weight excluding hydrogens is 182 g/mol. The Balaban J connectivity index is 3.17. The van der Waals surface area contributed by atoms with Crippen molar-refractivity contribution in [1.29, 1.82) is 0 Å². The third kappa shape index (κ3) is 1.97. The highest BCUT2D eigenvalue weighted by molar-refractivity contribution is 6.34. The Morgan fingerprint density at radius 3 is 1.78 bits per heavy atom. The maximum Gasteiger partial charge on any atom is 0.225 e. The minimum atomic E-state index is 0.0313. The zero-order valence-electron chi connectivity index (χ0n) is 4.03. The molecule has 0 aliphatic carbocycles. The third-order valence-electron chi connectivity index (χ3n) is 0.587. The van der Waals surface area contributed by atoms with Crippen molar-refractivity contribution in [3.8, 4) is 0 Å². The lowest BCUT2D eigenvalue weighted by Gasteiger charge is -1.89. The van der Waals surface area contributed by atoms with Crippen molar-refractivity contribution < 1.29 is 0 Å². The van der Waals surface area contributed by atoms with Gasteiger partial charge in [-0.1, -0.05) is 23.2 Å². The second-order valence-corrected chi connectivity index (χ2v) is 2.25. The molecule has 1 radical (unpaired) electrons. The first-order valence-corrected chi connectivity index (χ1v) is 3.10. The molecule has 0 spiro atoms. The van der Waals surface area contributed by atoms with E-state index < -0.39 is 0 Å². The highest BCUT2D eigenvalue weighted by atomic mass is 35.5. The van der Waals surface area contributed by atoms with E-state index in [2.05, 4.69) is 16.0 Å². The summed E-state index contributed by atoms with van der Waals surface area (Å²) in [5.41, 5.74) is 0. The largest absolute Gasteiger partial charge is 0.225 e. The van der Waals surface area contributed by atoms with Crippen molar-refractivity contribution >= 4 is 34.8 Å². The molecule has 0 saturated heterocycles. The predicted octanol–water partition coefficient (Wildman–Crippen LogP) is 2.24. The molecule has 1 heterocycles. The van der Waals surface area contributed by atoms with Crippen LogP contribution in [0.3, 0.4) is 0 Å². The fraction of sp³-hybridized carbons (Fsp3) is 0. The lowest BCUT2D eigenvalue weighted by Crippen LogP contribution is -1.82. The first kappa shape index (κ1) is 7.06. The van der Waals surface area contributed by atoms with E-state index in [1.54, 1.807) is 0 Å². The van der Waals surface area contributed by atoms with Crippen LogP contribution < -0.4 is 0 Å². The first-order chi connectivity index (χ1) is 4.18. The highest BCUT2D eigenvalue weighted by Gasteiger charge is 1.96. The molecule has 2 nitrogen and oxygen atoms in total. The van der Waals surface area contributed by atoms with Crippen LogP contribution in [0.1, 0.15) is 0 Å². The van der Waals surface area contributed by atoms with Crippen molar-refractivity contribution in [1.82, 2.24) is 9.97 Å². The maximum absolute atomic E-state index is 5.37. The number of nitrogens with zero attached hydrogens (tertiary/aromatic N) is 2. The number of aromatic nitrogens is 2. The van der Waals surface area contributed by atoms with Crippen LogP contribution in [0.5, 0.6) is 0 Å². The van der Waals surface area contributed by atoms with Crippen molar-refractivity contribution in [2.45, 2.75) is 0 Å². The summed E-state index contributed by atoms with van der Waals surface area (Å²) in [6.07, 6.45) is 0. The Kier molecular flexibility index (Phi) is 2.11. The summed E-state index contributed by atoms with van der Waals surface area (Å²) in [5, 5.41) is 0.281. The molecule has 0 atom stereocenters. The van der Waals surface area contributed by atoms with E-state index in [1.807, 2.05) is 0 Å². The third-order valence-corrected chi connectivity index (χ3v) is 1.11. The van der Waals surface area contributed by atoms with E-state index in [4.69, 9.17) is 34.8 Å². The molecule has 1 rings (SSSR count). The average Bonchev–Trinajstić information content (AvgIpc) is 1.59. The Morgan fingerprint density at radius 2 is 1.44 bits per heavy atom. The van der Waals surface area contributed by atoms with Gasteiger partial charge in [-0.3, -0.25) is 0 Å². The van der Waals surface area contributed by atoms with Crippen molar-refractivity contribution in [2.24, 2.45) is 0 Å². The summed E-state index contributed by atoms with van der Waals surface area (Å²) in [6, 6.07) is 2.44. The van der Waals surface area contributed by atoms with Gasteiger partial charge in [0.1, 0.15) is 10.3 Å². The molecular formula is C4Cl3N2. The maximum atomic E-state index is 5.37. The normalized spacial score (nSPS) is 9.67. The molecule has 1 aromatic rings.